The highest BCUT2D eigenvalue weighted by Gasteiger charge is 2.73. The normalized spacial score (nSPS) is 27.1. The lowest BCUT2D eigenvalue weighted by Gasteiger charge is -2.39. The summed E-state index contributed by atoms with van der Waals surface area (Å²) in [4.78, 5) is 0. The molecule has 4 nitrogen and oxygen atoms in total. The molecule has 0 bridgehead atoms. The fourth-order valence-electron chi connectivity index (χ4n) is 4.04. The summed E-state index contributed by atoms with van der Waals surface area (Å²) >= 11 is 18.9. The summed E-state index contributed by atoms with van der Waals surface area (Å²) in [5.74, 6) is -4.20. The predicted molar refractivity (Wildman–Crippen MR) is 103 cm³/mol. The number of hydrogen-bond donors (Lipinski definition) is 2. The highest BCUT2D eigenvalue weighted by atomic mass is 35.5. The fraction of sp³-hybridized carbons (Fsp3) is 0.875. The van der Waals surface area contributed by atoms with Crippen LogP contribution in [0.3, 0.4) is 0 Å². The van der Waals surface area contributed by atoms with Crippen LogP contribution >= 0.6 is 46.4 Å². The topological polar surface area (TPSA) is 65.2 Å². The predicted octanol–water partition coefficient (Wildman–Crippen LogP) is 6.17. The summed E-state index contributed by atoms with van der Waals surface area (Å²) in [5.41, 5.74) is -9.66. The highest BCUT2D eigenvalue weighted by molar-refractivity contribution is 6.27. The molecule has 2 rings (SSSR count). The average molecular weight is 562 g/mol. The molecule has 0 heterocycles. The smallest absolute Gasteiger partial charge is 0.357 e. The van der Waals surface area contributed by atoms with Crippen molar-refractivity contribution >= 4 is 57.8 Å². The number of rotatable bonds is 7. The van der Waals surface area contributed by atoms with Gasteiger partial charge in [0.25, 0.3) is 0 Å². The third-order valence-corrected chi connectivity index (χ3v) is 6.85. The van der Waals surface area contributed by atoms with Crippen LogP contribution in [-0.2, 0) is 0 Å². The van der Waals surface area contributed by atoms with Gasteiger partial charge < -0.3 is 10.2 Å². The Hall–Kier alpha value is -0.140. The minimum atomic E-state index is -4.92. The average Bonchev–Trinajstić information content (AvgIpc) is 3.23. The molecule has 0 aromatic heterocycles. The van der Waals surface area contributed by atoms with E-state index >= 15 is 0 Å². The standard InChI is InChI=1S/C16H16Cl4F8N2O2/c17-13(21,22)11(31,14(18,23)24)7-3-1-5-9(7)29-30-10-6-2-4-8(10)12(32,15(19,25)26)16(20,27)28/h7-8,31-32H,1-6H2/b29-9-,30-10+/t7-,8-/m0/s1. The molecule has 2 fully saturated rings. The molecule has 2 aliphatic carbocycles. The molecule has 0 radical (unpaired) electrons. The third kappa shape index (κ3) is 4.68. The van der Waals surface area contributed by atoms with E-state index in [2.05, 4.69) is 10.2 Å². The van der Waals surface area contributed by atoms with E-state index in [-0.39, 0.29) is 25.7 Å². The fourth-order valence-corrected chi connectivity index (χ4v) is 5.13. The van der Waals surface area contributed by atoms with E-state index in [4.69, 9.17) is 46.4 Å². The first-order chi connectivity index (χ1) is 14.2. The maximum absolute atomic E-state index is 13.7. The van der Waals surface area contributed by atoms with Crippen molar-refractivity contribution in [1.82, 2.24) is 0 Å². The molecule has 0 amide bonds. The van der Waals surface area contributed by atoms with Gasteiger partial charge in [0, 0.05) is 23.3 Å². The van der Waals surface area contributed by atoms with Crippen LogP contribution in [0.4, 0.5) is 35.1 Å². The third-order valence-electron chi connectivity index (χ3n) is 5.70. The summed E-state index contributed by atoms with van der Waals surface area (Å²) in [5, 5.41) is 7.44. The van der Waals surface area contributed by atoms with Crippen LogP contribution in [0.15, 0.2) is 10.2 Å². The first kappa shape index (κ1) is 28.1. The second-order valence-corrected chi connectivity index (χ2v) is 9.49. The van der Waals surface area contributed by atoms with Crippen molar-refractivity contribution in [3.63, 3.8) is 0 Å². The maximum atomic E-state index is 13.7. The molecule has 0 aromatic carbocycles. The van der Waals surface area contributed by atoms with Crippen molar-refractivity contribution in [3.05, 3.63) is 0 Å². The second-order valence-electron chi connectivity index (χ2n) is 7.60. The summed E-state index contributed by atoms with van der Waals surface area (Å²) in [6.45, 7) is 0. The maximum Gasteiger partial charge on any atom is 0.357 e. The zero-order valence-electron chi connectivity index (χ0n) is 15.7. The number of hydrogen-bond acceptors (Lipinski definition) is 4. The molecular formula is C16H16Cl4F8N2O2. The van der Waals surface area contributed by atoms with Gasteiger partial charge in [-0.2, -0.15) is 45.3 Å². The quantitative estimate of drug-likeness (QED) is 0.222. The largest absolute Gasteiger partial charge is 0.376 e. The molecule has 0 aliphatic heterocycles. The van der Waals surface area contributed by atoms with Gasteiger partial charge >= 0.3 is 21.5 Å². The lowest BCUT2D eigenvalue weighted by atomic mass is 9.84. The molecule has 32 heavy (non-hydrogen) atoms. The lowest BCUT2D eigenvalue weighted by Crippen LogP contribution is -2.62. The molecule has 16 heteroatoms. The Bertz CT molecular complexity index is 682. The monoisotopic (exact) mass is 560 g/mol. The van der Waals surface area contributed by atoms with Gasteiger partial charge in [0.1, 0.15) is 0 Å². The van der Waals surface area contributed by atoms with Crippen LogP contribution in [0.25, 0.3) is 0 Å². The number of aliphatic hydroxyl groups is 2. The SMILES string of the molecule is OC([C@H]1CCC/C1=N/N=C1\CCC[C@@H]1C(O)(C(F)(F)Cl)C(F)(F)Cl)(C(F)(F)Cl)C(F)(F)Cl. The van der Waals surface area contributed by atoms with Gasteiger partial charge in [-0.15, -0.1) is 0 Å². The molecule has 0 unspecified atom stereocenters. The summed E-state index contributed by atoms with van der Waals surface area (Å²) in [7, 11) is 0. The minimum Gasteiger partial charge on any atom is -0.376 e. The minimum absolute atomic E-state index is 0.0243. The van der Waals surface area contributed by atoms with E-state index in [1.54, 1.807) is 0 Å². The first-order valence-corrected chi connectivity index (χ1v) is 10.6. The molecule has 186 valence electrons. The van der Waals surface area contributed by atoms with E-state index in [0.29, 0.717) is 0 Å². The summed E-state index contributed by atoms with van der Waals surface area (Å²) in [6.07, 6.45) is -1.45. The van der Waals surface area contributed by atoms with Crippen LogP contribution in [0.1, 0.15) is 38.5 Å². The van der Waals surface area contributed by atoms with Crippen LogP contribution in [0, 0.1) is 11.8 Å². The number of halogens is 12. The summed E-state index contributed by atoms with van der Waals surface area (Å²) < 4.78 is 110. The Balaban J connectivity index is 2.51. The van der Waals surface area contributed by atoms with Gasteiger partial charge in [0.15, 0.2) is 0 Å². The van der Waals surface area contributed by atoms with Crippen LogP contribution < -0.4 is 0 Å². The zero-order valence-corrected chi connectivity index (χ0v) is 18.7. The molecule has 0 aromatic rings. The molecule has 0 saturated heterocycles. The zero-order chi connectivity index (χ0) is 25.0. The van der Waals surface area contributed by atoms with Crippen molar-refractivity contribution in [2.75, 3.05) is 0 Å². The van der Waals surface area contributed by atoms with Gasteiger partial charge in [0.2, 0.25) is 11.2 Å². The molecule has 2 aliphatic rings. The van der Waals surface area contributed by atoms with Gasteiger partial charge in [-0.05, 0) is 84.9 Å². The Morgan fingerprint density at radius 2 is 0.844 bits per heavy atom. The van der Waals surface area contributed by atoms with E-state index < -0.39 is 68.8 Å². The van der Waals surface area contributed by atoms with Crippen LogP contribution in [-0.4, -0.2) is 54.4 Å². The Kier molecular flexibility index (Phi) is 7.74. The summed E-state index contributed by atoms with van der Waals surface area (Å²) in [6, 6.07) is 0. The van der Waals surface area contributed by atoms with E-state index in [0.717, 1.165) is 0 Å². The molecular weight excluding hydrogens is 546 g/mol. The van der Waals surface area contributed by atoms with Gasteiger partial charge in [-0.3, -0.25) is 0 Å². The van der Waals surface area contributed by atoms with Crippen molar-refractivity contribution in [2.45, 2.75) is 71.3 Å². The first-order valence-electron chi connectivity index (χ1n) is 9.04. The molecule has 2 N–H and O–H groups in total. The number of nitrogens with zero attached hydrogens (tertiary/aromatic N) is 2. The van der Waals surface area contributed by atoms with E-state index in [1.165, 1.54) is 0 Å². The molecule has 2 atom stereocenters. The van der Waals surface area contributed by atoms with Crippen molar-refractivity contribution in [3.8, 4) is 0 Å². The number of alkyl halides is 12. The lowest BCUT2D eigenvalue weighted by molar-refractivity contribution is -0.232. The van der Waals surface area contributed by atoms with Gasteiger partial charge in [0.05, 0.1) is 0 Å². The van der Waals surface area contributed by atoms with Crippen LogP contribution in [0.5, 0.6) is 0 Å². The van der Waals surface area contributed by atoms with Crippen molar-refractivity contribution < 1.29 is 45.3 Å². The molecule has 0 spiro atoms. The molecule has 2 saturated carbocycles. The highest BCUT2D eigenvalue weighted by Crippen LogP contribution is 2.55. The van der Waals surface area contributed by atoms with Gasteiger partial charge in [-0.25, -0.2) is 0 Å². The van der Waals surface area contributed by atoms with Gasteiger partial charge in [-0.1, -0.05) is 0 Å². The Morgan fingerprint density at radius 3 is 1.06 bits per heavy atom. The Labute approximate surface area is 196 Å². The van der Waals surface area contributed by atoms with E-state index in [1.807, 2.05) is 0 Å². The van der Waals surface area contributed by atoms with Crippen LogP contribution in [0.2, 0.25) is 0 Å². The Morgan fingerprint density at radius 1 is 0.594 bits per heavy atom. The van der Waals surface area contributed by atoms with E-state index in [9.17, 15) is 45.3 Å². The second kappa shape index (κ2) is 8.82. The van der Waals surface area contributed by atoms with Crippen molar-refractivity contribution in [1.29, 1.82) is 0 Å². The van der Waals surface area contributed by atoms with Crippen molar-refractivity contribution in [2.24, 2.45) is 22.0 Å².